The molecule has 180 valence electrons. The second-order valence-electron chi connectivity index (χ2n) is 9.03. The summed E-state index contributed by atoms with van der Waals surface area (Å²) in [4.78, 5) is 2.47. The van der Waals surface area contributed by atoms with Gasteiger partial charge in [0.25, 0.3) is 0 Å². The summed E-state index contributed by atoms with van der Waals surface area (Å²) in [5.41, 5.74) is 3.20. The molecule has 4 aliphatic rings. The number of nitrogens with zero attached hydrogens (tertiary/aromatic N) is 1. The van der Waals surface area contributed by atoms with Crippen LogP contribution in [0.1, 0.15) is 17.5 Å². The largest absolute Gasteiger partial charge is 0.493 e. The fraction of sp³-hybridized carbons (Fsp3) is 0.583. The Balaban J connectivity index is 1.51. The van der Waals surface area contributed by atoms with Crippen molar-refractivity contribution >= 4 is 0 Å². The Hall–Kier alpha value is -1.98. The average Bonchev–Trinajstić information content (AvgIpc) is 3.22. The number of fused-ring (bicyclic) bond motifs is 1. The summed E-state index contributed by atoms with van der Waals surface area (Å²) in [6.45, 7) is 1.23. The van der Waals surface area contributed by atoms with Gasteiger partial charge in [-0.2, -0.15) is 0 Å². The Bertz CT molecular complexity index is 962. The van der Waals surface area contributed by atoms with E-state index in [9.17, 15) is 20.4 Å². The lowest BCUT2D eigenvalue weighted by atomic mass is 9.71. The first kappa shape index (κ1) is 22.8. The molecule has 0 bridgehead atoms. The van der Waals surface area contributed by atoms with Crippen LogP contribution in [-0.2, 0) is 21.4 Å². The predicted octanol–water partition coefficient (Wildman–Crippen LogP) is -0.158. The summed E-state index contributed by atoms with van der Waals surface area (Å²) in [5.74, 6) is 0.834. The first-order chi connectivity index (χ1) is 15.9. The van der Waals surface area contributed by atoms with Crippen LogP contribution in [0.5, 0.6) is 11.5 Å². The number of aliphatic hydroxyl groups is 4. The lowest BCUT2D eigenvalue weighted by Crippen LogP contribution is -2.60. The highest BCUT2D eigenvalue weighted by molar-refractivity contribution is 5.57. The van der Waals surface area contributed by atoms with Gasteiger partial charge in [-0.1, -0.05) is 18.2 Å². The van der Waals surface area contributed by atoms with Gasteiger partial charge >= 0.3 is 0 Å². The van der Waals surface area contributed by atoms with Crippen LogP contribution in [-0.4, -0.2) is 96.1 Å². The lowest BCUT2D eigenvalue weighted by molar-refractivity contribution is -0.277. The third-order valence-corrected chi connectivity index (χ3v) is 7.42. The highest BCUT2D eigenvalue weighted by Crippen LogP contribution is 2.52. The van der Waals surface area contributed by atoms with Crippen molar-refractivity contribution in [2.75, 3.05) is 33.9 Å². The minimum atomic E-state index is -1.51. The van der Waals surface area contributed by atoms with E-state index in [4.69, 9.17) is 18.9 Å². The summed E-state index contributed by atoms with van der Waals surface area (Å²) in [7, 11) is 3.27. The second kappa shape index (κ2) is 8.66. The molecule has 0 aromatic heterocycles. The minimum Gasteiger partial charge on any atom is -0.493 e. The van der Waals surface area contributed by atoms with Gasteiger partial charge in [-0.15, -0.1) is 0 Å². The van der Waals surface area contributed by atoms with E-state index < -0.39 is 37.3 Å². The third kappa shape index (κ3) is 3.50. The zero-order chi connectivity index (χ0) is 23.3. The van der Waals surface area contributed by atoms with Gasteiger partial charge in [0.1, 0.15) is 24.4 Å². The number of hydrogen-bond acceptors (Lipinski definition) is 9. The number of ether oxygens (including phenoxy) is 4. The Morgan fingerprint density at radius 2 is 1.94 bits per heavy atom. The van der Waals surface area contributed by atoms with Crippen LogP contribution >= 0.6 is 0 Å². The topological polar surface area (TPSA) is 121 Å². The molecule has 1 fully saturated rings. The molecule has 0 amide bonds. The van der Waals surface area contributed by atoms with E-state index in [1.165, 1.54) is 5.57 Å². The molecular formula is C24H31NO8. The van der Waals surface area contributed by atoms with Crippen molar-refractivity contribution in [2.45, 2.75) is 55.2 Å². The van der Waals surface area contributed by atoms with Crippen LogP contribution in [0, 0.1) is 0 Å². The summed E-state index contributed by atoms with van der Waals surface area (Å²) in [6, 6.07) is 3.88. The van der Waals surface area contributed by atoms with E-state index in [0.29, 0.717) is 11.5 Å². The summed E-state index contributed by atoms with van der Waals surface area (Å²) < 4.78 is 22.8. The van der Waals surface area contributed by atoms with Crippen LogP contribution in [0.3, 0.4) is 0 Å². The molecule has 1 spiro atoms. The van der Waals surface area contributed by atoms with Crippen molar-refractivity contribution in [3.63, 3.8) is 0 Å². The van der Waals surface area contributed by atoms with Crippen molar-refractivity contribution in [2.24, 2.45) is 0 Å². The van der Waals surface area contributed by atoms with Gasteiger partial charge in [-0.05, 0) is 35.3 Å². The Morgan fingerprint density at radius 1 is 1.12 bits per heavy atom. The maximum atomic E-state index is 10.4. The summed E-state index contributed by atoms with van der Waals surface area (Å²) in [5, 5.41) is 40.0. The van der Waals surface area contributed by atoms with E-state index in [2.05, 4.69) is 23.1 Å². The van der Waals surface area contributed by atoms with Gasteiger partial charge in [0.2, 0.25) is 6.29 Å². The molecule has 0 saturated carbocycles. The highest BCUT2D eigenvalue weighted by atomic mass is 16.7. The Morgan fingerprint density at radius 3 is 2.67 bits per heavy atom. The van der Waals surface area contributed by atoms with Crippen LogP contribution in [0.25, 0.3) is 0 Å². The standard InChI is InChI=1S/C24H31NO8/c1-30-15-4-3-14-6-8-25-7-5-13-9-18(17(31-2)10-16(13)24(14,25)11-15)32-23-22(29)21(28)20(27)19(12-26)33-23/h3-4,6,9-10,15,19-23,26-29H,5,7-8,11-12H2,1-2H3/t15-,19+,20+,21-,22+,23+,24-/m0/s1. The molecule has 9 heteroatoms. The van der Waals surface area contributed by atoms with Crippen LogP contribution < -0.4 is 9.47 Å². The van der Waals surface area contributed by atoms with Crippen molar-refractivity contribution in [1.82, 2.24) is 4.90 Å². The number of aliphatic hydroxyl groups excluding tert-OH is 4. The normalized spacial score (nSPS) is 37.7. The van der Waals surface area contributed by atoms with Crippen LogP contribution in [0.2, 0.25) is 0 Å². The molecular weight excluding hydrogens is 430 g/mol. The molecule has 3 heterocycles. The molecule has 33 heavy (non-hydrogen) atoms. The average molecular weight is 462 g/mol. The molecule has 4 N–H and O–H groups in total. The first-order valence-corrected chi connectivity index (χ1v) is 11.3. The molecule has 1 aromatic carbocycles. The van der Waals surface area contributed by atoms with Crippen molar-refractivity contribution in [1.29, 1.82) is 0 Å². The zero-order valence-electron chi connectivity index (χ0n) is 18.8. The van der Waals surface area contributed by atoms with Gasteiger partial charge in [-0.25, -0.2) is 0 Å². The SMILES string of the molecule is COc1cc2c(cc1O[C@@H]1O[C@H](CO)[C@@H](O)[C@H](O)[C@H]1O)CCN1CC=C3C=C[C@H](OC)C[C@]321. The molecule has 1 aromatic rings. The van der Waals surface area contributed by atoms with Gasteiger partial charge < -0.3 is 39.4 Å². The fourth-order valence-corrected chi connectivity index (χ4v) is 5.61. The Labute approximate surface area is 192 Å². The van der Waals surface area contributed by atoms with Crippen LogP contribution in [0.4, 0.5) is 0 Å². The quantitative estimate of drug-likeness (QED) is 0.474. The third-order valence-electron chi connectivity index (χ3n) is 7.42. The molecule has 3 aliphatic heterocycles. The van der Waals surface area contributed by atoms with E-state index in [0.717, 1.165) is 37.1 Å². The number of hydrogen-bond donors (Lipinski definition) is 4. The predicted molar refractivity (Wildman–Crippen MR) is 117 cm³/mol. The molecule has 5 rings (SSSR count). The van der Waals surface area contributed by atoms with Gasteiger partial charge in [0.15, 0.2) is 11.5 Å². The molecule has 0 unspecified atom stereocenters. The molecule has 7 atom stereocenters. The van der Waals surface area contributed by atoms with E-state index >= 15 is 0 Å². The van der Waals surface area contributed by atoms with Gasteiger partial charge in [0.05, 0.1) is 25.4 Å². The maximum absolute atomic E-state index is 10.4. The fourth-order valence-electron chi connectivity index (χ4n) is 5.61. The smallest absolute Gasteiger partial charge is 0.229 e. The number of rotatable bonds is 5. The van der Waals surface area contributed by atoms with Crippen molar-refractivity contribution in [3.8, 4) is 11.5 Å². The van der Waals surface area contributed by atoms with E-state index in [1.54, 1.807) is 14.2 Å². The monoisotopic (exact) mass is 461 g/mol. The van der Waals surface area contributed by atoms with Crippen LogP contribution in [0.15, 0.2) is 35.9 Å². The molecule has 1 aliphatic carbocycles. The van der Waals surface area contributed by atoms with E-state index in [-0.39, 0.29) is 11.6 Å². The molecule has 9 nitrogen and oxygen atoms in total. The molecule has 0 radical (unpaired) electrons. The van der Waals surface area contributed by atoms with E-state index in [1.807, 2.05) is 12.1 Å². The van der Waals surface area contributed by atoms with Gasteiger partial charge in [-0.3, -0.25) is 4.90 Å². The number of methoxy groups -OCH3 is 2. The maximum Gasteiger partial charge on any atom is 0.229 e. The minimum absolute atomic E-state index is 0.00439. The Kier molecular flexibility index (Phi) is 5.98. The summed E-state index contributed by atoms with van der Waals surface area (Å²) >= 11 is 0. The lowest BCUT2D eigenvalue weighted by Gasteiger charge is -2.48. The van der Waals surface area contributed by atoms with Crippen molar-refractivity contribution in [3.05, 3.63) is 47.1 Å². The highest BCUT2D eigenvalue weighted by Gasteiger charge is 2.51. The van der Waals surface area contributed by atoms with Gasteiger partial charge in [0, 0.05) is 26.6 Å². The second-order valence-corrected chi connectivity index (χ2v) is 9.03. The van der Waals surface area contributed by atoms with Crippen molar-refractivity contribution < 1.29 is 39.4 Å². The summed E-state index contributed by atoms with van der Waals surface area (Å²) in [6.07, 6.45) is 1.37. The molecule has 1 saturated heterocycles. The zero-order valence-corrected chi connectivity index (χ0v) is 18.8. The first-order valence-electron chi connectivity index (χ1n) is 11.3. The number of benzene rings is 1.